The van der Waals surface area contributed by atoms with Crippen LogP contribution >= 0.6 is 0 Å². The fraction of sp³-hybridized carbons (Fsp3) is 0.586. The molecule has 1 amide bonds. The summed E-state index contributed by atoms with van der Waals surface area (Å²) in [5.41, 5.74) is 2.66. The maximum Gasteiger partial charge on any atom is 0.407 e. The van der Waals surface area contributed by atoms with Crippen molar-refractivity contribution in [2.45, 2.75) is 58.5 Å². The third-order valence-corrected chi connectivity index (χ3v) is 8.25. The molecule has 0 unspecified atom stereocenters. The van der Waals surface area contributed by atoms with Crippen molar-refractivity contribution in [2.75, 3.05) is 50.0 Å². The Morgan fingerprint density at radius 3 is 2.33 bits per heavy atom. The van der Waals surface area contributed by atoms with Crippen molar-refractivity contribution >= 4 is 34.4 Å². The highest BCUT2D eigenvalue weighted by Crippen LogP contribution is 2.32. The molecule has 1 aliphatic carbocycles. The molecule has 10 heteroatoms. The quantitative estimate of drug-likeness (QED) is 0.441. The zero-order chi connectivity index (χ0) is 27.6. The number of carbonyl (C=O) groups is 1. The van der Waals surface area contributed by atoms with Gasteiger partial charge in [-0.25, -0.2) is 14.5 Å². The Balaban J connectivity index is 1.18. The van der Waals surface area contributed by atoms with Gasteiger partial charge < -0.3 is 25.1 Å². The number of aromatic nitrogens is 4. The number of piperazine rings is 1. The number of likely N-dealkylation sites (N-methyl/N-ethyl adjacent to an activating group) is 1. The Morgan fingerprint density at radius 2 is 1.69 bits per heavy atom. The highest BCUT2D eigenvalue weighted by molar-refractivity contribution is 5.75. The fourth-order valence-corrected chi connectivity index (χ4v) is 5.75. The maximum atomic E-state index is 11.7. The first kappa shape index (κ1) is 27.2. The molecule has 0 spiro atoms. The first-order valence-electron chi connectivity index (χ1n) is 14.2. The number of nitrogens with one attached hydrogen (secondary N) is 1. The van der Waals surface area contributed by atoms with E-state index in [-0.39, 0.29) is 5.54 Å². The van der Waals surface area contributed by atoms with E-state index in [1.165, 1.54) is 5.69 Å². The molecule has 1 saturated heterocycles. The summed E-state index contributed by atoms with van der Waals surface area (Å²) in [7, 11) is 2.17. The molecule has 1 saturated carbocycles. The Kier molecular flexibility index (Phi) is 7.93. The van der Waals surface area contributed by atoms with E-state index in [0.29, 0.717) is 24.3 Å². The average molecular weight is 535 g/mol. The van der Waals surface area contributed by atoms with E-state index in [4.69, 9.17) is 4.98 Å². The molecular formula is C29H42N8O2. The molecule has 1 aliphatic heterocycles. The van der Waals surface area contributed by atoms with Gasteiger partial charge in [-0.1, -0.05) is 0 Å². The molecule has 0 radical (unpaired) electrons. The Morgan fingerprint density at radius 1 is 1.03 bits per heavy atom. The van der Waals surface area contributed by atoms with Gasteiger partial charge in [0.25, 0.3) is 0 Å². The zero-order valence-corrected chi connectivity index (χ0v) is 23.7. The summed E-state index contributed by atoms with van der Waals surface area (Å²) in [6.07, 6.45) is 7.05. The summed E-state index contributed by atoms with van der Waals surface area (Å²) in [4.78, 5) is 27.4. The van der Waals surface area contributed by atoms with Crippen molar-refractivity contribution < 1.29 is 9.90 Å². The van der Waals surface area contributed by atoms with Gasteiger partial charge in [0.15, 0.2) is 5.65 Å². The van der Waals surface area contributed by atoms with E-state index in [9.17, 15) is 9.90 Å². The average Bonchev–Trinajstić information content (AvgIpc) is 3.30. The van der Waals surface area contributed by atoms with Crippen molar-refractivity contribution in [1.29, 1.82) is 0 Å². The molecule has 39 heavy (non-hydrogen) atoms. The van der Waals surface area contributed by atoms with Gasteiger partial charge in [-0.2, -0.15) is 10.1 Å². The summed E-state index contributed by atoms with van der Waals surface area (Å²) < 4.78 is 2.00. The zero-order valence-electron chi connectivity index (χ0n) is 23.7. The van der Waals surface area contributed by atoms with Crippen LogP contribution in [0.3, 0.4) is 0 Å². The van der Waals surface area contributed by atoms with E-state index < -0.39 is 6.09 Å². The van der Waals surface area contributed by atoms with Crippen molar-refractivity contribution in [1.82, 2.24) is 29.5 Å². The second kappa shape index (κ2) is 11.4. The number of nitrogens with zero attached hydrogens (tertiary/aromatic N) is 7. The van der Waals surface area contributed by atoms with Crippen LogP contribution in [0.1, 0.15) is 46.5 Å². The molecule has 210 valence electrons. The topological polar surface area (TPSA) is 103 Å². The van der Waals surface area contributed by atoms with Crippen LogP contribution in [0.5, 0.6) is 0 Å². The highest BCUT2D eigenvalue weighted by atomic mass is 16.4. The van der Waals surface area contributed by atoms with E-state index in [1.54, 1.807) is 4.90 Å². The van der Waals surface area contributed by atoms with Crippen molar-refractivity contribution in [3.63, 3.8) is 0 Å². The van der Waals surface area contributed by atoms with Crippen LogP contribution in [0.25, 0.3) is 11.0 Å². The molecular weight excluding hydrogens is 492 g/mol. The first-order chi connectivity index (χ1) is 18.7. The number of fused-ring (bicyclic) bond motifs is 1. The number of hydrogen-bond acceptors (Lipinski definition) is 7. The molecule has 3 heterocycles. The minimum absolute atomic E-state index is 0.380. The second-order valence-corrected chi connectivity index (χ2v) is 12.2. The Hall–Kier alpha value is -3.40. The molecule has 2 aliphatic rings. The lowest BCUT2D eigenvalue weighted by molar-refractivity contribution is 0.0789. The monoisotopic (exact) mass is 534 g/mol. The number of rotatable bonds is 7. The Bertz CT molecular complexity index is 1250. The molecule has 3 aromatic rings. The molecule has 2 aromatic heterocycles. The summed E-state index contributed by atoms with van der Waals surface area (Å²) in [6.45, 7) is 11.6. The molecule has 2 fully saturated rings. The summed E-state index contributed by atoms with van der Waals surface area (Å²) in [6, 6.07) is 8.48. The normalized spacial score (nSPS) is 20.8. The van der Waals surface area contributed by atoms with Crippen LogP contribution in [-0.4, -0.2) is 86.1 Å². The summed E-state index contributed by atoms with van der Waals surface area (Å²) in [5, 5.41) is 18.6. The van der Waals surface area contributed by atoms with E-state index in [1.807, 2.05) is 37.8 Å². The number of benzene rings is 1. The lowest BCUT2D eigenvalue weighted by Crippen LogP contribution is -2.47. The molecule has 10 nitrogen and oxygen atoms in total. The predicted molar refractivity (Wildman–Crippen MR) is 155 cm³/mol. The molecule has 0 atom stereocenters. The summed E-state index contributed by atoms with van der Waals surface area (Å²) >= 11 is 0. The lowest BCUT2D eigenvalue weighted by Gasteiger charge is -2.38. The van der Waals surface area contributed by atoms with Gasteiger partial charge in [0.05, 0.1) is 11.6 Å². The SMILES string of the molecule is CN1CCN(c2ccc(Nc3ncc4cnn(CC5CCC(CN(C(=O)O)C(C)(C)C)CC5)c4n3)cc2)CC1. The number of carboxylic acid groups (broad SMARTS) is 1. The van der Waals surface area contributed by atoms with Crippen molar-refractivity contribution in [3.8, 4) is 0 Å². The van der Waals surface area contributed by atoms with Crippen molar-refractivity contribution in [3.05, 3.63) is 36.7 Å². The smallest absolute Gasteiger partial charge is 0.407 e. The van der Waals surface area contributed by atoms with Gasteiger partial charge in [-0.05, 0) is 89.6 Å². The van der Waals surface area contributed by atoms with Crippen LogP contribution < -0.4 is 10.2 Å². The van der Waals surface area contributed by atoms with Gasteiger partial charge in [0.2, 0.25) is 5.95 Å². The van der Waals surface area contributed by atoms with Gasteiger partial charge >= 0.3 is 6.09 Å². The largest absolute Gasteiger partial charge is 0.465 e. The van der Waals surface area contributed by atoms with E-state index in [2.05, 4.69) is 56.5 Å². The second-order valence-electron chi connectivity index (χ2n) is 12.2. The number of anilines is 3. The third kappa shape index (κ3) is 6.61. The first-order valence-corrected chi connectivity index (χ1v) is 14.2. The number of hydrogen-bond donors (Lipinski definition) is 2. The minimum atomic E-state index is -0.831. The van der Waals surface area contributed by atoms with Crippen LogP contribution in [0.2, 0.25) is 0 Å². The lowest BCUT2D eigenvalue weighted by atomic mass is 9.81. The van der Waals surface area contributed by atoms with E-state index in [0.717, 1.165) is 75.1 Å². The third-order valence-electron chi connectivity index (χ3n) is 8.25. The molecule has 1 aromatic carbocycles. The van der Waals surface area contributed by atoms with Crippen LogP contribution in [0.4, 0.5) is 22.1 Å². The highest BCUT2D eigenvalue weighted by Gasteiger charge is 2.31. The van der Waals surface area contributed by atoms with Crippen molar-refractivity contribution in [2.24, 2.45) is 11.8 Å². The molecule has 0 bridgehead atoms. The van der Waals surface area contributed by atoms with Gasteiger partial charge in [0.1, 0.15) is 0 Å². The molecule has 2 N–H and O–H groups in total. The van der Waals surface area contributed by atoms with Gasteiger partial charge in [0, 0.05) is 62.4 Å². The minimum Gasteiger partial charge on any atom is -0.465 e. The van der Waals surface area contributed by atoms with Crippen LogP contribution in [0, 0.1) is 11.8 Å². The van der Waals surface area contributed by atoms with Crippen LogP contribution in [-0.2, 0) is 6.54 Å². The fourth-order valence-electron chi connectivity index (χ4n) is 5.75. The van der Waals surface area contributed by atoms with Crippen LogP contribution in [0.15, 0.2) is 36.7 Å². The van der Waals surface area contributed by atoms with E-state index >= 15 is 0 Å². The maximum absolute atomic E-state index is 11.7. The van der Waals surface area contributed by atoms with Gasteiger partial charge in [-0.15, -0.1) is 0 Å². The number of amides is 1. The predicted octanol–water partition coefficient (Wildman–Crippen LogP) is 4.91. The Labute approximate surface area is 231 Å². The standard InChI is InChI=1S/C29H42N8O2/c1-29(2,3)36(28(38)39)19-21-5-7-22(8-6-21)20-37-26-23(18-31-37)17-30-27(33-26)32-24-9-11-25(12-10-24)35-15-13-34(4)14-16-35/h9-12,17-18,21-22H,5-8,13-16,19-20H2,1-4H3,(H,38,39)(H,30,32,33). The summed E-state index contributed by atoms with van der Waals surface area (Å²) in [5.74, 6) is 1.48. The molecule has 5 rings (SSSR count). The van der Waals surface area contributed by atoms with Gasteiger partial charge in [-0.3, -0.25) is 0 Å².